The van der Waals surface area contributed by atoms with Gasteiger partial charge in [0.2, 0.25) is 0 Å². The zero-order valence-corrected chi connectivity index (χ0v) is 15.9. The van der Waals surface area contributed by atoms with Crippen LogP contribution in [0.4, 0.5) is 4.39 Å². The first-order valence-corrected chi connectivity index (χ1v) is 8.86. The van der Waals surface area contributed by atoms with Gasteiger partial charge in [-0.1, -0.05) is 13.8 Å². The van der Waals surface area contributed by atoms with Crippen LogP contribution in [0.25, 0.3) is 5.69 Å². The molecule has 1 fully saturated rings. The van der Waals surface area contributed by atoms with Crippen molar-refractivity contribution < 1.29 is 9.18 Å². The molecule has 3 N–H and O–H groups in total. The highest BCUT2D eigenvalue weighted by Crippen LogP contribution is 2.24. The highest BCUT2D eigenvalue weighted by molar-refractivity contribution is 5.95. The zero-order chi connectivity index (χ0) is 18.0. The molecular weight excluding hydrogens is 355 g/mol. The molecule has 0 aliphatic heterocycles. The summed E-state index contributed by atoms with van der Waals surface area (Å²) in [5.74, 6) is -0.291. The van der Waals surface area contributed by atoms with Gasteiger partial charge in [-0.15, -0.1) is 12.4 Å². The van der Waals surface area contributed by atoms with Crippen LogP contribution in [0.15, 0.2) is 30.5 Å². The summed E-state index contributed by atoms with van der Waals surface area (Å²) in [4.78, 5) is 12.8. The summed E-state index contributed by atoms with van der Waals surface area (Å²) in [5, 5.41) is 7.49. The van der Waals surface area contributed by atoms with E-state index in [0.29, 0.717) is 5.56 Å². The van der Waals surface area contributed by atoms with Crippen LogP contribution in [-0.4, -0.2) is 27.8 Å². The first-order valence-electron chi connectivity index (χ1n) is 8.86. The summed E-state index contributed by atoms with van der Waals surface area (Å²) < 4.78 is 14.9. The van der Waals surface area contributed by atoms with Crippen molar-refractivity contribution in [1.29, 1.82) is 0 Å². The second-order valence-corrected chi connectivity index (χ2v) is 7.07. The summed E-state index contributed by atoms with van der Waals surface area (Å²) in [5.41, 5.74) is 8.08. The van der Waals surface area contributed by atoms with E-state index >= 15 is 0 Å². The van der Waals surface area contributed by atoms with E-state index in [4.69, 9.17) is 5.73 Å². The number of amides is 1. The molecule has 1 amide bonds. The standard InChI is InChI=1S/C19H25FN4O.ClH/c1-12(2)18-17(19(25)23-15-7-5-14(21)6-8-15)11-22-24(18)16-9-3-13(20)4-10-16;/h3-4,9-12,14-15H,5-8,21H2,1-2H3,(H,23,25);1H. The smallest absolute Gasteiger partial charge is 0.255 e. The number of aromatic nitrogens is 2. The SMILES string of the molecule is CC(C)c1c(C(=O)NC2CCC(N)CC2)cnn1-c1ccc(F)cc1.Cl. The minimum Gasteiger partial charge on any atom is -0.349 e. The average Bonchev–Trinajstić information content (AvgIpc) is 3.03. The molecule has 0 bridgehead atoms. The Morgan fingerprint density at radius 1 is 1.23 bits per heavy atom. The predicted molar refractivity (Wildman–Crippen MR) is 103 cm³/mol. The summed E-state index contributed by atoms with van der Waals surface area (Å²) in [6.45, 7) is 4.04. The molecule has 3 rings (SSSR count). The zero-order valence-electron chi connectivity index (χ0n) is 15.1. The van der Waals surface area contributed by atoms with Crippen molar-refractivity contribution in [3.63, 3.8) is 0 Å². The van der Waals surface area contributed by atoms with Gasteiger partial charge >= 0.3 is 0 Å². The molecule has 2 aromatic rings. The molecule has 1 heterocycles. The third-order valence-electron chi connectivity index (χ3n) is 4.78. The number of nitrogens with two attached hydrogens (primary N) is 1. The molecule has 0 atom stereocenters. The van der Waals surface area contributed by atoms with Crippen LogP contribution >= 0.6 is 12.4 Å². The van der Waals surface area contributed by atoms with Crippen molar-refractivity contribution in [1.82, 2.24) is 15.1 Å². The van der Waals surface area contributed by atoms with Gasteiger partial charge in [0.1, 0.15) is 5.82 Å². The van der Waals surface area contributed by atoms with E-state index < -0.39 is 0 Å². The van der Waals surface area contributed by atoms with Crippen molar-refractivity contribution in [3.05, 3.63) is 47.5 Å². The number of carbonyl (C=O) groups is 1. The van der Waals surface area contributed by atoms with Crippen LogP contribution < -0.4 is 11.1 Å². The van der Waals surface area contributed by atoms with Gasteiger partial charge in [-0.05, 0) is 55.9 Å². The molecule has 26 heavy (non-hydrogen) atoms. The lowest BCUT2D eigenvalue weighted by molar-refractivity contribution is 0.0924. The maximum atomic E-state index is 13.2. The van der Waals surface area contributed by atoms with Gasteiger partial charge in [0.15, 0.2) is 0 Å². The first-order chi connectivity index (χ1) is 12.0. The number of benzene rings is 1. The fourth-order valence-electron chi connectivity index (χ4n) is 3.40. The molecule has 142 valence electrons. The molecule has 0 unspecified atom stereocenters. The van der Waals surface area contributed by atoms with Crippen molar-refractivity contribution >= 4 is 18.3 Å². The quantitative estimate of drug-likeness (QED) is 0.851. The summed E-state index contributed by atoms with van der Waals surface area (Å²) >= 11 is 0. The second-order valence-electron chi connectivity index (χ2n) is 7.07. The third kappa shape index (κ3) is 4.43. The van der Waals surface area contributed by atoms with E-state index in [9.17, 15) is 9.18 Å². The number of hydrogen-bond acceptors (Lipinski definition) is 3. The molecule has 1 aliphatic carbocycles. The van der Waals surface area contributed by atoms with Crippen LogP contribution in [0.2, 0.25) is 0 Å². The van der Waals surface area contributed by atoms with E-state index in [1.54, 1.807) is 23.0 Å². The highest BCUT2D eigenvalue weighted by atomic mass is 35.5. The lowest BCUT2D eigenvalue weighted by atomic mass is 9.91. The molecule has 1 saturated carbocycles. The van der Waals surface area contributed by atoms with E-state index in [1.165, 1.54) is 12.1 Å². The van der Waals surface area contributed by atoms with Gasteiger partial charge in [-0.25, -0.2) is 9.07 Å². The number of nitrogens with one attached hydrogen (secondary N) is 1. The van der Waals surface area contributed by atoms with Crippen molar-refractivity contribution in [3.8, 4) is 5.69 Å². The summed E-state index contributed by atoms with van der Waals surface area (Å²) in [6, 6.07) is 6.54. The Kier molecular flexibility index (Phi) is 6.78. The number of hydrogen-bond donors (Lipinski definition) is 2. The van der Waals surface area contributed by atoms with E-state index in [2.05, 4.69) is 10.4 Å². The fraction of sp³-hybridized carbons (Fsp3) is 0.474. The van der Waals surface area contributed by atoms with Crippen LogP contribution in [-0.2, 0) is 0 Å². The number of nitrogens with zero attached hydrogens (tertiary/aromatic N) is 2. The number of halogens is 2. The highest BCUT2D eigenvalue weighted by Gasteiger charge is 2.25. The molecule has 1 aliphatic rings. The van der Waals surface area contributed by atoms with Crippen LogP contribution in [0, 0.1) is 5.82 Å². The van der Waals surface area contributed by atoms with Gasteiger partial charge in [0, 0.05) is 12.1 Å². The maximum Gasteiger partial charge on any atom is 0.255 e. The monoisotopic (exact) mass is 380 g/mol. The molecule has 5 nitrogen and oxygen atoms in total. The molecule has 1 aromatic heterocycles. The Morgan fingerprint density at radius 2 is 1.85 bits per heavy atom. The maximum absolute atomic E-state index is 13.2. The Bertz CT molecular complexity index is 736. The minimum atomic E-state index is -0.296. The number of rotatable bonds is 4. The van der Waals surface area contributed by atoms with Crippen LogP contribution in [0.5, 0.6) is 0 Å². The average molecular weight is 381 g/mol. The topological polar surface area (TPSA) is 72.9 Å². The van der Waals surface area contributed by atoms with Crippen molar-refractivity contribution in [2.24, 2.45) is 5.73 Å². The Balaban J connectivity index is 0.00000243. The van der Waals surface area contributed by atoms with Gasteiger partial charge in [0.05, 0.1) is 23.1 Å². The van der Waals surface area contributed by atoms with Crippen molar-refractivity contribution in [2.75, 3.05) is 0 Å². The number of carbonyl (C=O) groups excluding carboxylic acids is 1. The predicted octanol–water partition coefficient (Wildman–Crippen LogP) is 3.56. The lowest BCUT2D eigenvalue weighted by Gasteiger charge is -2.26. The normalized spacial score (nSPS) is 19.9. The van der Waals surface area contributed by atoms with Crippen LogP contribution in [0.1, 0.15) is 61.5 Å². The largest absolute Gasteiger partial charge is 0.349 e. The minimum absolute atomic E-state index is 0. The Morgan fingerprint density at radius 3 is 2.42 bits per heavy atom. The van der Waals surface area contributed by atoms with Crippen molar-refractivity contribution in [2.45, 2.75) is 57.5 Å². The second kappa shape index (κ2) is 8.64. The fourth-order valence-corrected chi connectivity index (χ4v) is 3.40. The lowest BCUT2D eigenvalue weighted by Crippen LogP contribution is -2.40. The first kappa shape index (κ1) is 20.4. The van der Waals surface area contributed by atoms with E-state index in [1.807, 2.05) is 13.8 Å². The van der Waals surface area contributed by atoms with Gasteiger partial charge in [-0.3, -0.25) is 4.79 Å². The molecule has 0 spiro atoms. The van der Waals surface area contributed by atoms with Crippen LogP contribution in [0.3, 0.4) is 0 Å². The van der Waals surface area contributed by atoms with Gasteiger partial charge in [-0.2, -0.15) is 5.10 Å². The summed E-state index contributed by atoms with van der Waals surface area (Å²) in [7, 11) is 0. The molecule has 0 saturated heterocycles. The Hall–Kier alpha value is -1.92. The third-order valence-corrected chi connectivity index (χ3v) is 4.78. The van der Waals surface area contributed by atoms with E-state index in [-0.39, 0.29) is 42.1 Å². The summed E-state index contributed by atoms with van der Waals surface area (Å²) in [6.07, 6.45) is 5.31. The molecule has 0 radical (unpaired) electrons. The molecule has 1 aromatic carbocycles. The van der Waals surface area contributed by atoms with Gasteiger partial charge < -0.3 is 11.1 Å². The Labute approximate surface area is 159 Å². The van der Waals surface area contributed by atoms with E-state index in [0.717, 1.165) is 37.1 Å². The van der Waals surface area contributed by atoms with Gasteiger partial charge in [0.25, 0.3) is 5.91 Å². The molecular formula is C19H26ClFN4O. The molecule has 7 heteroatoms.